The van der Waals surface area contributed by atoms with E-state index in [-0.39, 0.29) is 17.8 Å². The van der Waals surface area contributed by atoms with Crippen molar-refractivity contribution in [1.29, 1.82) is 0 Å². The first-order valence-corrected chi connectivity index (χ1v) is 11.3. The fraction of sp³-hybridized carbons (Fsp3) is 0.172. The van der Waals surface area contributed by atoms with Crippen LogP contribution in [0.3, 0.4) is 0 Å². The maximum absolute atomic E-state index is 14.0. The third kappa shape index (κ3) is 4.42. The molecule has 0 atom stereocenters. The number of halogens is 1. The first-order chi connectivity index (χ1) is 16.4. The standard InChI is InChI=1S/C29H27FN2O2/c1-20(2)32-25(19-33)26(23-14-16-24(30)17-15-23)27(22-12-8-5-9-13-22)28(32)29(34)31(3)18-21-10-6-4-7-11-21/h4-17,19-20H,18H2,1-3H3. The molecule has 1 heterocycles. The van der Waals surface area contributed by atoms with Crippen LogP contribution in [0.1, 0.15) is 46.4 Å². The largest absolute Gasteiger partial charge is 0.336 e. The average Bonchev–Trinajstić information content (AvgIpc) is 3.20. The number of aromatic nitrogens is 1. The predicted molar refractivity (Wildman–Crippen MR) is 133 cm³/mol. The van der Waals surface area contributed by atoms with E-state index in [1.807, 2.05) is 74.5 Å². The molecule has 4 rings (SSSR count). The summed E-state index contributed by atoms with van der Waals surface area (Å²) in [6.45, 7) is 4.33. The molecule has 0 unspecified atom stereocenters. The first-order valence-electron chi connectivity index (χ1n) is 11.3. The summed E-state index contributed by atoms with van der Waals surface area (Å²) in [5.74, 6) is -0.548. The molecule has 34 heavy (non-hydrogen) atoms. The van der Waals surface area contributed by atoms with E-state index in [2.05, 4.69) is 0 Å². The van der Waals surface area contributed by atoms with Gasteiger partial charge >= 0.3 is 0 Å². The van der Waals surface area contributed by atoms with E-state index in [4.69, 9.17) is 0 Å². The number of aldehydes is 1. The van der Waals surface area contributed by atoms with Gasteiger partial charge in [-0.1, -0.05) is 72.8 Å². The molecule has 0 saturated carbocycles. The van der Waals surface area contributed by atoms with Crippen LogP contribution in [0.5, 0.6) is 0 Å². The monoisotopic (exact) mass is 454 g/mol. The molecular weight excluding hydrogens is 427 g/mol. The second-order valence-corrected chi connectivity index (χ2v) is 8.59. The average molecular weight is 455 g/mol. The second kappa shape index (κ2) is 9.87. The molecular formula is C29H27FN2O2. The van der Waals surface area contributed by atoms with Gasteiger partial charge in [0, 0.05) is 30.8 Å². The van der Waals surface area contributed by atoms with Crippen LogP contribution in [-0.2, 0) is 6.54 Å². The van der Waals surface area contributed by atoms with Crippen LogP contribution in [0.4, 0.5) is 4.39 Å². The Kier molecular flexibility index (Phi) is 6.73. The second-order valence-electron chi connectivity index (χ2n) is 8.59. The zero-order valence-electron chi connectivity index (χ0n) is 19.5. The number of hydrogen-bond acceptors (Lipinski definition) is 2. The minimum absolute atomic E-state index is 0.152. The van der Waals surface area contributed by atoms with Gasteiger partial charge in [-0.15, -0.1) is 0 Å². The lowest BCUT2D eigenvalue weighted by Gasteiger charge is -2.22. The van der Waals surface area contributed by atoms with Crippen LogP contribution in [0.2, 0.25) is 0 Å². The molecule has 1 amide bonds. The third-order valence-electron chi connectivity index (χ3n) is 5.88. The fourth-order valence-electron chi connectivity index (χ4n) is 4.37. The van der Waals surface area contributed by atoms with Crippen molar-refractivity contribution in [3.05, 3.63) is 108 Å². The lowest BCUT2D eigenvalue weighted by atomic mass is 9.94. The summed E-state index contributed by atoms with van der Waals surface area (Å²) in [7, 11) is 1.76. The van der Waals surface area contributed by atoms with Crippen LogP contribution in [0.15, 0.2) is 84.9 Å². The summed E-state index contributed by atoms with van der Waals surface area (Å²) in [6, 6.07) is 25.2. The van der Waals surface area contributed by atoms with Crippen LogP contribution < -0.4 is 0 Å². The summed E-state index contributed by atoms with van der Waals surface area (Å²) < 4.78 is 15.5. The molecule has 0 saturated heterocycles. The van der Waals surface area contributed by atoms with Crippen LogP contribution in [-0.4, -0.2) is 28.7 Å². The highest BCUT2D eigenvalue weighted by molar-refractivity contribution is 6.08. The summed E-state index contributed by atoms with van der Waals surface area (Å²) in [4.78, 5) is 28.1. The molecule has 0 radical (unpaired) electrons. The fourth-order valence-corrected chi connectivity index (χ4v) is 4.37. The van der Waals surface area contributed by atoms with Gasteiger partial charge < -0.3 is 9.47 Å². The Hall–Kier alpha value is -3.99. The Morgan fingerprint density at radius 3 is 2.00 bits per heavy atom. The first kappa shape index (κ1) is 23.2. The van der Waals surface area contributed by atoms with E-state index in [0.29, 0.717) is 34.6 Å². The van der Waals surface area contributed by atoms with Crippen LogP contribution >= 0.6 is 0 Å². The summed E-state index contributed by atoms with van der Waals surface area (Å²) in [5.41, 5.74) is 4.66. The smallest absolute Gasteiger partial charge is 0.271 e. The van der Waals surface area contributed by atoms with E-state index in [1.54, 1.807) is 28.6 Å². The number of amides is 1. The van der Waals surface area contributed by atoms with Crippen LogP contribution in [0.25, 0.3) is 22.3 Å². The Bertz CT molecular complexity index is 1290. The Morgan fingerprint density at radius 2 is 1.44 bits per heavy atom. The summed E-state index contributed by atoms with van der Waals surface area (Å²) >= 11 is 0. The predicted octanol–water partition coefficient (Wildman–Crippen LogP) is 6.63. The number of nitrogens with zero attached hydrogens (tertiary/aromatic N) is 2. The van der Waals surface area contributed by atoms with Gasteiger partial charge in [-0.2, -0.15) is 0 Å². The molecule has 1 aromatic heterocycles. The van der Waals surface area contributed by atoms with Crippen molar-refractivity contribution in [3.8, 4) is 22.3 Å². The highest BCUT2D eigenvalue weighted by atomic mass is 19.1. The van der Waals surface area contributed by atoms with Gasteiger partial charge in [-0.05, 0) is 42.7 Å². The molecule has 0 N–H and O–H groups in total. The lowest BCUT2D eigenvalue weighted by molar-refractivity contribution is 0.0773. The number of carbonyl (C=O) groups excluding carboxylic acids is 2. The SMILES string of the molecule is CC(C)n1c(C=O)c(-c2ccc(F)cc2)c(-c2ccccc2)c1C(=O)N(C)Cc1ccccc1. The van der Waals surface area contributed by atoms with Gasteiger partial charge in [0.2, 0.25) is 0 Å². The molecule has 0 fully saturated rings. The summed E-state index contributed by atoms with van der Waals surface area (Å²) in [5, 5.41) is 0. The Morgan fingerprint density at radius 1 is 0.882 bits per heavy atom. The summed E-state index contributed by atoms with van der Waals surface area (Å²) in [6.07, 6.45) is 0.791. The molecule has 5 heteroatoms. The van der Waals surface area contributed by atoms with Gasteiger partial charge in [0.1, 0.15) is 11.5 Å². The van der Waals surface area contributed by atoms with Crippen molar-refractivity contribution in [2.24, 2.45) is 0 Å². The van der Waals surface area contributed by atoms with Crippen molar-refractivity contribution in [2.75, 3.05) is 7.05 Å². The molecule has 0 aliphatic carbocycles. The zero-order chi connectivity index (χ0) is 24.2. The number of rotatable bonds is 7. The van der Waals surface area contributed by atoms with Crippen molar-refractivity contribution in [3.63, 3.8) is 0 Å². The van der Waals surface area contributed by atoms with Gasteiger partial charge in [0.25, 0.3) is 5.91 Å². The molecule has 0 bridgehead atoms. The van der Waals surface area contributed by atoms with E-state index < -0.39 is 0 Å². The van der Waals surface area contributed by atoms with Crippen LogP contribution in [0, 0.1) is 5.82 Å². The highest BCUT2D eigenvalue weighted by Crippen LogP contribution is 2.41. The van der Waals surface area contributed by atoms with Crippen molar-refractivity contribution in [1.82, 2.24) is 9.47 Å². The van der Waals surface area contributed by atoms with Gasteiger partial charge in [-0.25, -0.2) is 4.39 Å². The zero-order valence-corrected chi connectivity index (χ0v) is 19.5. The maximum atomic E-state index is 14.0. The van der Waals surface area contributed by atoms with Gasteiger partial charge in [0.05, 0.1) is 5.69 Å². The minimum Gasteiger partial charge on any atom is -0.336 e. The molecule has 3 aromatic carbocycles. The number of carbonyl (C=O) groups is 2. The lowest BCUT2D eigenvalue weighted by Crippen LogP contribution is -2.29. The van der Waals surface area contributed by atoms with E-state index in [9.17, 15) is 14.0 Å². The van der Waals surface area contributed by atoms with Crippen molar-refractivity contribution in [2.45, 2.75) is 26.4 Å². The van der Waals surface area contributed by atoms with E-state index >= 15 is 0 Å². The minimum atomic E-state index is -0.361. The highest BCUT2D eigenvalue weighted by Gasteiger charge is 2.31. The Balaban J connectivity index is 1.98. The van der Waals surface area contributed by atoms with Gasteiger partial charge in [-0.3, -0.25) is 9.59 Å². The molecule has 0 spiro atoms. The normalized spacial score (nSPS) is 11.0. The molecule has 4 aromatic rings. The number of hydrogen-bond donors (Lipinski definition) is 0. The third-order valence-corrected chi connectivity index (χ3v) is 5.88. The molecule has 4 nitrogen and oxygen atoms in total. The quantitative estimate of drug-likeness (QED) is 0.294. The van der Waals surface area contributed by atoms with Crippen molar-refractivity contribution >= 4 is 12.2 Å². The topological polar surface area (TPSA) is 42.3 Å². The molecule has 0 aliphatic rings. The van der Waals surface area contributed by atoms with E-state index in [1.165, 1.54) is 12.1 Å². The molecule has 172 valence electrons. The van der Waals surface area contributed by atoms with E-state index in [0.717, 1.165) is 17.4 Å². The number of benzene rings is 3. The Labute approximate surface area is 199 Å². The maximum Gasteiger partial charge on any atom is 0.271 e. The molecule has 0 aliphatic heterocycles. The van der Waals surface area contributed by atoms with Crippen molar-refractivity contribution < 1.29 is 14.0 Å². The van der Waals surface area contributed by atoms with Gasteiger partial charge in [0.15, 0.2) is 6.29 Å².